The molecule has 0 saturated heterocycles. The van der Waals surface area contributed by atoms with Crippen LogP contribution in [0.1, 0.15) is 56.6 Å². The van der Waals surface area contributed by atoms with Gasteiger partial charge in [-0.25, -0.2) is 0 Å². The molecule has 0 aliphatic heterocycles. The lowest BCUT2D eigenvalue weighted by Crippen LogP contribution is -2.33. The molecule has 0 aromatic heterocycles. The summed E-state index contributed by atoms with van der Waals surface area (Å²) in [5.74, 6) is 0.534. The summed E-state index contributed by atoms with van der Waals surface area (Å²) in [4.78, 5) is 0. The van der Waals surface area contributed by atoms with Crippen LogP contribution in [0.25, 0.3) is 0 Å². The molecule has 1 aromatic carbocycles. The van der Waals surface area contributed by atoms with Gasteiger partial charge in [-0.3, -0.25) is 0 Å². The van der Waals surface area contributed by atoms with Crippen LogP contribution in [0.15, 0.2) is 18.2 Å². The predicted octanol–water partition coefficient (Wildman–Crippen LogP) is 4.23. The Labute approximate surface area is 109 Å². The fraction of sp³-hybridized carbons (Fsp3) is 0.600. The summed E-state index contributed by atoms with van der Waals surface area (Å²) in [5.41, 5.74) is 9.08. The van der Waals surface area contributed by atoms with Gasteiger partial charge in [-0.15, -0.1) is 0 Å². The lowest BCUT2D eigenvalue weighted by Gasteiger charge is -2.31. The zero-order chi connectivity index (χ0) is 12.5. The summed E-state index contributed by atoms with van der Waals surface area (Å²) in [7, 11) is 0. The molecule has 1 saturated carbocycles. The van der Waals surface area contributed by atoms with E-state index in [0.717, 1.165) is 11.6 Å². The third-order valence-corrected chi connectivity index (χ3v) is 4.40. The van der Waals surface area contributed by atoms with Crippen molar-refractivity contribution < 1.29 is 0 Å². The van der Waals surface area contributed by atoms with E-state index in [1.54, 1.807) is 0 Å². The number of halogens is 1. The minimum atomic E-state index is 0.185. The molecule has 1 aliphatic carbocycles. The Bertz CT molecular complexity index is 392. The van der Waals surface area contributed by atoms with E-state index < -0.39 is 0 Å². The molecular formula is C15H22ClN. The van der Waals surface area contributed by atoms with Crippen LogP contribution in [0.5, 0.6) is 0 Å². The highest BCUT2D eigenvalue weighted by atomic mass is 35.5. The highest BCUT2D eigenvalue weighted by Gasteiger charge is 2.36. The molecule has 2 N–H and O–H groups in total. The summed E-state index contributed by atoms with van der Waals surface area (Å²) in [6.07, 6.45) is 5.01. The molecule has 2 rings (SSSR count). The smallest absolute Gasteiger partial charge is 0.0409 e. The summed E-state index contributed by atoms with van der Waals surface area (Å²) < 4.78 is 0. The van der Waals surface area contributed by atoms with Gasteiger partial charge in [0.2, 0.25) is 0 Å². The third-order valence-electron chi connectivity index (χ3n) is 4.16. The van der Waals surface area contributed by atoms with Crippen LogP contribution in [0.4, 0.5) is 0 Å². The molecule has 1 aromatic rings. The molecule has 0 atom stereocenters. The minimum absolute atomic E-state index is 0.185. The van der Waals surface area contributed by atoms with Gasteiger partial charge >= 0.3 is 0 Å². The first-order valence-electron chi connectivity index (χ1n) is 6.59. The van der Waals surface area contributed by atoms with Gasteiger partial charge in [0.05, 0.1) is 0 Å². The predicted molar refractivity (Wildman–Crippen MR) is 74.7 cm³/mol. The average Bonchev–Trinajstić information content (AvgIpc) is 2.78. The van der Waals surface area contributed by atoms with Crippen molar-refractivity contribution in [2.45, 2.75) is 50.9 Å². The van der Waals surface area contributed by atoms with Gasteiger partial charge < -0.3 is 5.73 Å². The summed E-state index contributed by atoms with van der Waals surface area (Å²) in [6.45, 7) is 5.23. The van der Waals surface area contributed by atoms with E-state index >= 15 is 0 Å². The Kier molecular flexibility index (Phi) is 3.79. The van der Waals surface area contributed by atoms with E-state index in [2.05, 4.69) is 26.0 Å². The Balaban J connectivity index is 2.51. The first kappa shape index (κ1) is 12.9. The van der Waals surface area contributed by atoms with E-state index in [0.29, 0.717) is 5.92 Å². The third kappa shape index (κ3) is 2.36. The molecule has 0 unspecified atom stereocenters. The fourth-order valence-corrected chi connectivity index (χ4v) is 3.30. The molecule has 1 fully saturated rings. The molecule has 0 amide bonds. The molecule has 0 heterocycles. The van der Waals surface area contributed by atoms with Crippen molar-refractivity contribution in [3.8, 4) is 0 Å². The van der Waals surface area contributed by atoms with E-state index in [-0.39, 0.29) is 5.41 Å². The van der Waals surface area contributed by atoms with Crippen LogP contribution in [-0.2, 0) is 5.41 Å². The molecule has 1 aliphatic rings. The maximum absolute atomic E-state index is 6.18. The van der Waals surface area contributed by atoms with Gasteiger partial charge in [-0.05, 0) is 42.0 Å². The maximum atomic E-state index is 6.18. The second kappa shape index (κ2) is 4.99. The van der Waals surface area contributed by atoms with Gasteiger partial charge in [-0.2, -0.15) is 0 Å². The van der Waals surface area contributed by atoms with Gasteiger partial charge in [0.25, 0.3) is 0 Å². The zero-order valence-corrected chi connectivity index (χ0v) is 11.6. The summed E-state index contributed by atoms with van der Waals surface area (Å²) in [5, 5.41) is 0.837. The number of hydrogen-bond donors (Lipinski definition) is 1. The molecule has 0 spiro atoms. The molecule has 0 bridgehead atoms. The average molecular weight is 252 g/mol. The lowest BCUT2D eigenvalue weighted by molar-refractivity contribution is 0.447. The quantitative estimate of drug-likeness (QED) is 0.855. The van der Waals surface area contributed by atoms with Crippen LogP contribution in [0.3, 0.4) is 0 Å². The minimum Gasteiger partial charge on any atom is -0.330 e. The van der Waals surface area contributed by atoms with Crippen molar-refractivity contribution in [1.29, 1.82) is 0 Å². The second-order valence-electron chi connectivity index (χ2n) is 5.58. The van der Waals surface area contributed by atoms with Crippen molar-refractivity contribution in [3.63, 3.8) is 0 Å². The van der Waals surface area contributed by atoms with Crippen LogP contribution in [0, 0.1) is 0 Å². The molecule has 17 heavy (non-hydrogen) atoms. The second-order valence-corrected chi connectivity index (χ2v) is 6.01. The van der Waals surface area contributed by atoms with E-state index in [4.69, 9.17) is 17.3 Å². The standard InChI is InChI=1S/C15H22ClN/c1-11(2)13-6-5-12(16)9-14(13)15(10-17)7-3-4-8-15/h5-6,9,11H,3-4,7-8,10,17H2,1-2H3. The van der Waals surface area contributed by atoms with Crippen molar-refractivity contribution in [2.24, 2.45) is 5.73 Å². The van der Waals surface area contributed by atoms with Gasteiger partial charge in [0.1, 0.15) is 0 Å². The Morgan fingerprint density at radius 1 is 1.29 bits per heavy atom. The van der Waals surface area contributed by atoms with Crippen molar-refractivity contribution in [3.05, 3.63) is 34.3 Å². The van der Waals surface area contributed by atoms with Gasteiger partial charge in [0, 0.05) is 17.0 Å². The van der Waals surface area contributed by atoms with E-state index in [1.165, 1.54) is 36.8 Å². The van der Waals surface area contributed by atoms with Crippen molar-refractivity contribution in [2.75, 3.05) is 6.54 Å². The first-order chi connectivity index (χ1) is 8.09. The highest BCUT2D eigenvalue weighted by Crippen LogP contribution is 2.43. The SMILES string of the molecule is CC(C)c1ccc(Cl)cc1C1(CN)CCCC1. The molecule has 1 nitrogen and oxygen atoms in total. The number of hydrogen-bond acceptors (Lipinski definition) is 1. The number of benzene rings is 1. The Morgan fingerprint density at radius 3 is 2.47 bits per heavy atom. The largest absolute Gasteiger partial charge is 0.330 e. The van der Waals surface area contributed by atoms with E-state index in [9.17, 15) is 0 Å². The van der Waals surface area contributed by atoms with Crippen LogP contribution in [0.2, 0.25) is 5.02 Å². The summed E-state index contributed by atoms with van der Waals surface area (Å²) in [6, 6.07) is 6.33. The molecule has 0 radical (unpaired) electrons. The lowest BCUT2D eigenvalue weighted by atomic mass is 9.75. The Hall–Kier alpha value is -0.530. The van der Waals surface area contributed by atoms with Crippen LogP contribution >= 0.6 is 11.6 Å². The van der Waals surface area contributed by atoms with Gasteiger partial charge in [-0.1, -0.05) is 44.4 Å². The van der Waals surface area contributed by atoms with E-state index in [1.807, 2.05) is 6.07 Å². The molecule has 94 valence electrons. The topological polar surface area (TPSA) is 26.0 Å². The maximum Gasteiger partial charge on any atom is 0.0409 e. The molecular weight excluding hydrogens is 230 g/mol. The van der Waals surface area contributed by atoms with Crippen LogP contribution in [-0.4, -0.2) is 6.54 Å². The number of nitrogens with two attached hydrogens (primary N) is 1. The monoisotopic (exact) mass is 251 g/mol. The van der Waals surface area contributed by atoms with Crippen LogP contribution < -0.4 is 5.73 Å². The fourth-order valence-electron chi connectivity index (χ4n) is 3.13. The normalized spacial score (nSPS) is 18.9. The zero-order valence-electron chi connectivity index (χ0n) is 10.8. The summed E-state index contributed by atoms with van der Waals surface area (Å²) >= 11 is 6.18. The van der Waals surface area contributed by atoms with Crippen molar-refractivity contribution >= 4 is 11.6 Å². The van der Waals surface area contributed by atoms with Crippen molar-refractivity contribution in [1.82, 2.24) is 0 Å². The molecule has 2 heteroatoms. The highest BCUT2D eigenvalue weighted by molar-refractivity contribution is 6.30. The first-order valence-corrected chi connectivity index (χ1v) is 6.97. The van der Waals surface area contributed by atoms with Gasteiger partial charge in [0.15, 0.2) is 0 Å². The Morgan fingerprint density at radius 2 is 1.94 bits per heavy atom. The number of rotatable bonds is 3.